The van der Waals surface area contributed by atoms with E-state index < -0.39 is 5.97 Å². The Balaban J connectivity index is 1.58. The Labute approximate surface area is 179 Å². The maximum atomic E-state index is 12.7. The number of thioether (sulfide) groups is 1. The number of benzene rings is 2. The molecule has 7 heteroatoms. The number of carbonyl (C=O) groups is 2. The van der Waals surface area contributed by atoms with E-state index in [0.29, 0.717) is 15.8 Å². The topological polar surface area (TPSA) is 76.0 Å². The minimum absolute atomic E-state index is 0.0539. The van der Waals surface area contributed by atoms with E-state index >= 15 is 0 Å². The summed E-state index contributed by atoms with van der Waals surface area (Å²) in [5.74, 6) is -1.38. The normalized spacial score (nSPS) is 19.3. The number of amidine groups is 1. The van der Waals surface area contributed by atoms with E-state index in [-0.39, 0.29) is 11.5 Å². The number of hydrogen-bond acceptors (Lipinski definition) is 6. The summed E-state index contributed by atoms with van der Waals surface area (Å²) >= 11 is 1.28. The lowest BCUT2D eigenvalue weighted by Gasteiger charge is -2.20. The molecule has 154 valence electrons. The smallest absolute Gasteiger partial charge is 0.266 e. The van der Waals surface area contributed by atoms with Crippen LogP contribution < -0.4 is 10.0 Å². The second-order valence-electron chi connectivity index (χ2n) is 7.45. The fraction of sp³-hybridized carbons (Fsp3) is 0.261. The first-order valence-electron chi connectivity index (χ1n) is 9.86. The SMILES string of the molecule is Cc1cc(/C=C2/SC(=Nc3cccc(C(=O)[O-])c3)N(C)C2=O)ccc1N1CCCC1. The van der Waals surface area contributed by atoms with Crippen LogP contribution >= 0.6 is 11.8 Å². The number of carboxylic acid groups (broad SMARTS) is 1. The molecule has 2 aromatic rings. The van der Waals surface area contributed by atoms with Crippen LogP contribution in [0, 0.1) is 6.92 Å². The molecule has 0 aromatic heterocycles. The zero-order valence-electron chi connectivity index (χ0n) is 16.9. The van der Waals surface area contributed by atoms with Crippen LogP contribution in [0.1, 0.15) is 34.3 Å². The third-order valence-corrected chi connectivity index (χ3v) is 6.34. The summed E-state index contributed by atoms with van der Waals surface area (Å²) in [6, 6.07) is 12.5. The van der Waals surface area contributed by atoms with Crippen LogP contribution in [0.5, 0.6) is 0 Å². The summed E-state index contributed by atoms with van der Waals surface area (Å²) in [4.78, 5) is 32.7. The molecule has 0 radical (unpaired) electrons. The average Bonchev–Trinajstić information content (AvgIpc) is 3.34. The van der Waals surface area contributed by atoms with Crippen LogP contribution in [0.4, 0.5) is 11.4 Å². The first kappa shape index (κ1) is 20.2. The lowest BCUT2D eigenvalue weighted by atomic mass is 10.1. The molecule has 4 rings (SSSR count). The van der Waals surface area contributed by atoms with Gasteiger partial charge in [0, 0.05) is 25.8 Å². The van der Waals surface area contributed by atoms with Crippen molar-refractivity contribution in [3.05, 3.63) is 64.1 Å². The van der Waals surface area contributed by atoms with Gasteiger partial charge in [0.1, 0.15) is 0 Å². The largest absolute Gasteiger partial charge is 0.545 e. The van der Waals surface area contributed by atoms with Crippen LogP contribution in [-0.4, -0.2) is 42.1 Å². The van der Waals surface area contributed by atoms with Crippen LogP contribution in [0.25, 0.3) is 6.08 Å². The highest BCUT2D eigenvalue weighted by molar-refractivity contribution is 8.18. The Morgan fingerprint density at radius 1 is 1.17 bits per heavy atom. The van der Waals surface area contributed by atoms with Crippen LogP contribution in [0.15, 0.2) is 52.4 Å². The zero-order chi connectivity index (χ0) is 21.3. The van der Waals surface area contributed by atoms with Crippen molar-refractivity contribution < 1.29 is 14.7 Å². The van der Waals surface area contributed by atoms with Gasteiger partial charge in [-0.15, -0.1) is 0 Å². The third-order valence-electron chi connectivity index (χ3n) is 5.28. The zero-order valence-corrected chi connectivity index (χ0v) is 17.7. The van der Waals surface area contributed by atoms with Crippen molar-refractivity contribution in [3.63, 3.8) is 0 Å². The number of aryl methyl sites for hydroxylation is 1. The summed E-state index contributed by atoms with van der Waals surface area (Å²) in [6.07, 6.45) is 4.35. The number of aliphatic imine (C=N–C) groups is 1. The quantitative estimate of drug-likeness (QED) is 0.710. The fourth-order valence-corrected chi connectivity index (χ4v) is 4.68. The minimum Gasteiger partial charge on any atom is -0.545 e. The van der Waals surface area contributed by atoms with Gasteiger partial charge in [0.2, 0.25) is 0 Å². The molecule has 2 aliphatic heterocycles. The average molecular weight is 421 g/mol. The Kier molecular flexibility index (Phi) is 5.63. The molecule has 0 bridgehead atoms. The second kappa shape index (κ2) is 8.36. The van der Waals surface area contributed by atoms with Gasteiger partial charge in [-0.05, 0) is 78.6 Å². The van der Waals surface area contributed by atoms with E-state index in [1.165, 1.54) is 52.9 Å². The molecule has 0 N–H and O–H groups in total. The van der Waals surface area contributed by atoms with Gasteiger partial charge in [-0.2, -0.15) is 0 Å². The van der Waals surface area contributed by atoms with Gasteiger partial charge >= 0.3 is 0 Å². The lowest BCUT2D eigenvalue weighted by molar-refractivity contribution is -0.255. The van der Waals surface area contributed by atoms with Crippen LogP contribution in [0.2, 0.25) is 0 Å². The number of carboxylic acids is 1. The van der Waals surface area contributed by atoms with Gasteiger partial charge in [-0.25, -0.2) is 4.99 Å². The highest BCUT2D eigenvalue weighted by Crippen LogP contribution is 2.34. The molecule has 2 saturated heterocycles. The summed E-state index contributed by atoms with van der Waals surface area (Å²) < 4.78 is 0. The molecule has 0 spiro atoms. The van der Waals surface area contributed by atoms with Crippen LogP contribution in [0.3, 0.4) is 0 Å². The van der Waals surface area contributed by atoms with E-state index in [2.05, 4.69) is 28.9 Å². The molecule has 2 aliphatic rings. The standard InChI is InChI=1S/C23H23N3O3S/c1-15-12-16(8-9-19(15)26-10-3-4-11-26)13-20-21(27)25(2)23(30-20)24-18-7-5-6-17(14-18)22(28)29/h5-9,12-14H,3-4,10-11H2,1-2H3,(H,28,29)/p-1/b20-13+,24-23?. The monoisotopic (exact) mass is 420 g/mol. The molecule has 0 unspecified atom stereocenters. The molecular formula is C23H22N3O3S-. The van der Waals surface area contributed by atoms with Crippen molar-refractivity contribution >= 4 is 46.3 Å². The predicted molar refractivity (Wildman–Crippen MR) is 119 cm³/mol. The van der Waals surface area contributed by atoms with Crippen molar-refractivity contribution in [3.8, 4) is 0 Å². The summed E-state index contributed by atoms with van der Waals surface area (Å²) in [5.41, 5.74) is 3.94. The van der Waals surface area contributed by atoms with Crippen molar-refractivity contribution in [1.82, 2.24) is 4.90 Å². The molecule has 2 heterocycles. The van der Waals surface area contributed by atoms with Gasteiger partial charge < -0.3 is 14.8 Å². The number of anilines is 1. The molecule has 30 heavy (non-hydrogen) atoms. The number of carbonyl (C=O) groups excluding carboxylic acids is 2. The molecule has 2 fully saturated rings. The predicted octanol–water partition coefficient (Wildman–Crippen LogP) is 3.19. The van der Waals surface area contributed by atoms with Crippen molar-refractivity contribution in [2.75, 3.05) is 25.0 Å². The van der Waals surface area contributed by atoms with Crippen molar-refractivity contribution in [1.29, 1.82) is 0 Å². The van der Waals surface area contributed by atoms with Gasteiger partial charge in [0.05, 0.1) is 16.6 Å². The van der Waals surface area contributed by atoms with E-state index in [4.69, 9.17) is 0 Å². The van der Waals surface area contributed by atoms with Gasteiger partial charge in [-0.3, -0.25) is 9.69 Å². The first-order chi connectivity index (χ1) is 14.4. The van der Waals surface area contributed by atoms with Crippen molar-refractivity contribution in [2.45, 2.75) is 19.8 Å². The van der Waals surface area contributed by atoms with Crippen LogP contribution in [-0.2, 0) is 4.79 Å². The van der Waals surface area contributed by atoms with E-state index in [1.54, 1.807) is 19.2 Å². The van der Waals surface area contributed by atoms with Crippen molar-refractivity contribution in [2.24, 2.45) is 4.99 Å². The summed E-state index contributed by atoms with van der Waals surface area (Å²) in [7, 11) is 1.67. The summed E-state index contributed by atoms with van der Waals surface area (Å²) in [5, 5.41) is 11.6. The molecule has 1 amide bonds. The molecule has 2 aromatic carbocycles. The Morgan fingerprint density at radius 3 is 2.63 bits per heavy atom. The molecule has 6 nitrogen and oxygen atoms in total. The Hall–Kier alpha value is -3.06. The van der Waals surface area contributed by atoms with Gasteiger partial charge in [0.15, 0.2) is 5.17 Å². The Morgan fingerprint density at radius 2 is 1.93 bits per heavy atom. The first-order valence-corrected chi connectivity index (χ1v) is 10.7. The lowest BCUT2D eigenvalue weighted by Crippen LogP contribution is -2.23. The number of rotatable bonds is 4. The van der Waals surface area contributed by atoms with E-state index in [1.807, 2.05) is 12.1 Å². The number of nitrogens with zero attached hydrogens (tertiary/aromatic N) is 3. The third kappa shape index (κ3) is 4.11. The van der Waals surface area contributed by atoms with E-state index in [9.17, 15) is 14.7 Å². The second-order valence-corrected chi connectivity index (χ2v) is 8.46. The highest BCUT2D eigenvalue weighted by atomic mass is 32.2. The molecule has 0 saturated carbocycles. The number of aromatic carboxylic acids is 1. The van der Waals surface area contributed by atoms with Gasteiger partial charge in [0.25, 0.3) is 5.91 Å². The molecule has 0 atom stereocenters. The molecular weight excluding hydrogens is 398 g/mol. The number of hydrogen-bond donors (Lipinski definition) is 0. The number of amides is 1. The fourth-order valence-electron chi connectivity index (χ4n) is 3.70. The highest BCUT2D eigenvalue weighted by Gasteiger charge is 2.30. The Bertz CT molecular complexity index is 1070. The molecule has 0 aliphatic carbocycles. The summed E-state index contributed by atoms with van der Waals surface area (Å²) in [6.45, 7) is 4.29. The minimum atomic E-state index is -1.26. The van der Waals surface area contributed by atoms with Gasteiger partial charge in [-0.1, -0.05) is 18.2 Å². The van der Waals surface area contributed by atoms with E-state index in [0.717, 1.165) is 18.7 Å². The number of likely N-dealkylation sites (N-methyl/N-ethyl adjacent to an activating group) is 1. The maximum Gasteiger partial charge on any atom is 0.266 e. The maximum absolute atomic E-state index is 12.7.